The molecule has 0 saturated heterocycles. The van der Waals surface area contributed by atoms with E-state index in [9.17, 15) is 0 Å². The summed E-state index contributed by atoms with van der Waals surface area (Å²) < 4.78 is 0. The van der Waals surface area contributed by atoms with E-state index >= 15 is 0 Å². The van der Waals surface area contributed by atoms with Crippen LogP contribution in [0.15, 0.2) is 24.3 Å². The molecule has 1 aromatic carbocycles. The van der Waals surface area contributed by atoms with Crippen LogP contribution >= 0.6 is 0 Å². The molecule has 0 spiro atoms. The van der Waals surface area contributed by atoms with Gasteiger partial charge in [0.05, 0.1) is 6.54 Å². The largest absolute Gasteiger partial charge is 0.357 e. The van der Waals surface area contributed by atoms with Gasteiger partial charge in [-0.2, -0.15) is 0 Å². The molecule has 3 N–H and O–H groups in total. The van der Waals surface area contributed by atoms with Crippen LogP contribution in [0.25, 0.3) is 0 Å². The molecule has 4 heteroatoms. The molecule has 0 fully saturated rings. The molecular formula is C35H71N4+. The first kappa shape index (κ1) is 38.1. The highest BCUT2D eigenvalue weighted by atomic mass is 15.2. The summed E-state index contributed by atoms with van der Waals surface area (Å²) in [5.41, 5.74) is 7.63. The van der Waals surface area contributed by atoms with E-state index in [1.54, 1.807) is 0 Å². The predicted molar refractivity (Wildman–Crippen MR) is 176 cm³/mol. The maximum atomic E-state index is 3.95. The first-order chi connectivity index (χ1) is 18.1. The normalized spacial score (nSPS) is 13.7. The number of benzene rings is 1. The smallest absolute Gasteiger partial charge is 0.0869 e. The summed E-state index contributed by atoms with van der Waals surface area (Å²) in [6.45, 7) is 31.1. The van der Waals surface area contributed by atoms with E-state index in [1.807, 2.05) is 13.8 Å². The van der Waals surface area contributed by atoms with Gasteiger partial charge in [0.1, 0.15) is 0 Å². The second-order valence-electron chi connectivity index (χ2n) is 14.4. The predicted octanol–water partition coefficient (Wildman–Crippen LogP) is 6.94. The average molecular weight is 548 g/mol. The minimum Gasteiger partial charge on any atom is -0.357 e. The SMILES string of the molecule is CC.CC(CCCN(C)CCN(C)CCCN(C)CC[NH3+])C(C)(C)CCC(C)(C)c1ccc(C(C)(C)C)cc1. The Morgan fingerprint density at radius 3 is 1.54 bits per heavy atom. The van der Waals surface area contributed by atoms with E-state index in [2.05, 4.69) is 121 Å². The van der Waals surface area contributed by atoms with Crippen LogP contribution in [0, 0.1) is 11.3 Å². The fourth-order valence-electron chi connectivity index (χ4n) is 5.06. The third kappa shape index (κ3) is 15.6. The molecule has 1 aromatic rings. The Morgan fingerprint density at radius 2 is 1.08 bits per heavy atom. The zero-order valence-corrected chi connectivity index (χ0v) is 28.9. The van der Waals surface area contributed by atoms with E-state index in [1.165, 1.54) is 62.9 Å². The van der Waals surface area contributed by atoms with Crippen molar-refractivity contribution in [3.63, 3.8) is 0 Å². The van der Waals surface area contributed by atoms with Gasteiger partial charge in [0.15, 0.2) is 0 Å². The second-order valence-corrected chi connectivity index (χ2v) is 14.4. The minimum absolute atomic E-state index is 0.211. The number of likely N-dealkylation sites (N-methyl/N-ethyl adjacent to an activating group) is 3. The molecule has 39 heavy (non-hydrogen) atoms. The van der Waals surface area contributed by atoms with Gasteiger partial charge in [0, 0.05) is 19.6 Å². The van der Waals surface area contributed by atoms with Gasteiger partial charge in [-0.3, -0.25) is 0 Å². The molecule has 0 bridgehead atoms. The Hall–Kier alpha value is -0.940. The standard InChI is InChI=1S/C33H64N4.C2H6/c1-28(14-12-22-36(10)26-27-37(11)24-13-23-35(9)25-21-34)32(5,6)19-20-33(7,8)30-17-15-29(16-18-30)31(2,3)4;1-2/h15-18,28H,12-14,19-27,34H2,1-11H3;1-2H3/p+1. The van der Waals surface area contributed by atoms with E-state index in [4.69, 9.17) is 0 Å². The Labute approximate surface area is 246 Å². The van der Waals surface area contributed by atoms with Crippen LogP contribution in [0.4, 0.5) is 0 Å². The lowest BCUT2D eigenvalue weighted by molar-refractivity contribution is -0.368. The molecule has 0 radical (unpaired) electrons. The van der Waals surface area contributed by atoms with Crippen LogP contribution in [0.3, 0.4) is 0 Å². The molecule has 0 heterocycles. The topological polar surface area (TPSA) is 37.4 Å². The fourth-order valence-corrected chi connectivity index (χ4v) is 5.06. The highest BCUT2D eigenvalue weighted by Crippen LogP contribution is 2.40. The van der Waals surface area contributed by atoms with Crippen molar-refractivity contribution in [3.8, 4) is 0 Å². The van der Waals surface area contributed by atoms with E-state index < -0.39 is 0 Å². The maximum absolute atomic E-state index is 3.95. The lowest BCUT2D eigenvalue weighted by Crippen LogP contribution is -2.54. The Balaban J connectivity index is 0.00000704. The third-order valence-electron chi connectivity index (χ3n) is 8.92. The van der Waals surface area contributed by atoms with Crippen LogP contribution in [-0.4, -0.2) is 81.7 Å². The molecule has 0 aliphatic rings. The molecule has 0 aliphatic carbocycles. The quantitative estimate of drug-likeness (QED) is 0.216. The van der Waals surface area contributed by atoms with Crippen LogP contribution in [-0.2, 0) is 10.8 Å². The van der Waals surface area contributed by atoms with Gasteiger partial charge in [-0.15, -0.1) is 0 Å². The van der Waals surface area contributed by atoms with Gasteiger partial charge in [0.2, 0.25) is 0 Å². The van der Waals surface area contributed by atoms with Crippen molar-refractivity contribution in [2.75, 3.05) is 67.0 Å². The summed E-state index contributed by atoms with van der Waals surface area (Å²) in [6.07, 6.45) is 6.34. The van der Waals surface area contributed by atoms with Gasteiger partial charge < -0.3 is 20.4 Å². The molecule has 0 aliphatic heterocycles. The number of rotatable bonds is 18. The fraction of sp³-hybridized carbons (Fsp3) is 0.829. The molecule has 1 unspecified atom stereocenters. The van der Waals surface area contributed by atoms with Crippen molar-refractivity contribution < 1.29 is 5.73 Å². The summed E-state index contributed by atoms with van der Waals surface area (Å²) in [7, 11) is 6.76. The average Bonchev–Trinajstić information content (AvgIpc) is 2.87. The van der Waals surface area contributed by atoms with E-state index in [0.717, 1.165) is 32.1 Å². The van der Waals surface area contributed by atoms with Crippen LogP contribution in [0.2, 0.25) is 0 Å². The van der Waals surface area contributed by atoms with Crippen molar-refractivity contribution >= 4 is 0 Å². The summed E-state index contributed by atoms with van der Waals surface area (Å²) in [4.78, 5) is 7.40. The highest BCUT2D eigenvalue weighted by Gasteiger charge is 2.30. The molecule has 0 aromatic heterocycles. The molecule has 0 amide bonds. The lowest BCUT2D eigenvalue weighted by atomic mass is 9.69. The summed E-state index contributed by atoms with van der Waals surface area (Å²) in [5, 5.41) is 0. The molecular weight excluding hydrogens is 476 g/mol. The summed E-state index contributed by atoms with van der Waals surface area (Å²) in [5.74, 6) is 0.734. The molecule has 1 rings (SSSR count). The van der Waals surface area contributed by atoms with Gasteiger partial charge in [-0.1, -0.05) is 93.5 Å². The summed E-state index contributed by atoms with van der Waals surface area (Å²) in [6, 6.07) is 9.41. The third-order valence-corrected chi connectivity index (χ3v) is 8.92. The number of hydrogen-bond donors (Lipinski definition) is 1. The van der Waals surface area contributed by atoms with Crippen LogP contribution in [0.5, 0.6) is 0 Å². The number of quaternary nitrogens is 1. The van der Waals surface area contributed by atoms with Crippen molar-refractivity contribution in [3.05, 3.63) is 35.4 Å². The van der Waals surface area contributed by atoms with Crippen LogP contribution < -0.4 is 5.73 Å². The Morgan fingerprint density at radius 1 is 0.641 bits per heavy atom. The lowest BCUT2D eigenvalue weighted by Gasteiger charge is -2.36. The first-order valence-corrected chi connectivity index (χ1v) is 16.0. The van der Waals surface area contributed by atoms with Crippen molar-refractivity contribution in [2.24, 2.45) is 11.3 Å². The second kappa shape index (κ2) is 18.5. The van der Waals surface area contributed by atoms with Crippen molar-refractivity contribution in [2.45, 2.75) is 112 Å². The molecule has 230 valence electrons. The number of hydrogen-bond acceptors (Lipinski definition) is 3. The Bertz CT molecular complexity index is 732. The van der Waals surface area contributed by atoms with E-state index in [-0.39, 0.29) is 10.8 Å². The maximum Gasteiger partial charge on any atom is 0.0869 e. The minimum atomic E-state index is 0.211. The van der Waals surface area contributed by atoms with Crippen LogP contribution in [0.1, 0.15) is 112 Å². The van der Waals surface area contributed by atoms with Crippen molar-refractivity contribution in [1.29, 1.82) is 0 Å². The highest BCUT2D eigenvalue weighted by molar-refractivity contribution is 5.31. The zero-order chi connectivity index (χ0) is 30.3. The summed E-state index contributed by atoms with van der Waals surface area (Å²) >= 11 is 0. The number of nitrogens with zero attached hydrogens (tertiary/aromatic N) is 3. The van der Waals surface area contributed by atoms with Gasteiger partial charge in [0.25, 0.3) is 0 Å². The van der Waals surface area contributed by atoms with Gasteiger partial charge in [-0.25, -0.2) is 0 Å². The molecule has 4 nitrogen and oxygen atoms in total. The molecule has 1 atom stereocenters. The first-order valence-electron chi connectivity index (χ1n) is 16.0. The molecule has 0 saturated carbocycles. The zero-order valence-electron chi connectivity index (χ0n) is 28.9. The monoisotopic (exact) mass is 548 g/mol. The van der Waals surface area contributed by atoms with Gasteiger partial charge in [-0.05, 0) is 106 Å². The van der Waals surface area contributed by atoms with Crippen molar-refractivity contribution in [1.82, 2.24) is 14.7 Å². The van der Waals surface area contributed by atoms with E-state index in [0.29, 0.717) is 5.41 Å². The van der Waals surface area contributed by atoms with Gasteiger partial charge >= 0.3 is 0 Å². The Kier molecular flexibility index (Phi) is 18.0.